The van der Waals surface area contributed by atoms with Gasteiger partial charge in [-0.1, -0.05) is 24.3 Å². The van der Waals surface area contributed by atoms with Crippen LogP contribution in [0, 0.1) is 0 Å². The summed E-state index contributed by atoms with van der Waals surface area (Å²) in [5, 5.41) is 3.02. The minimum absolute atomic E-state index is 0.0454. The Hall–Kier alpha value is -4.07. The van der Waals surface area contributed by atoms with E-state index in [9.17, 15) is 4.79 Å². The summed E-state index contributed by atoms with van der Waals surface area (Å²) < 4.78 is 27.7. The van der Waals surface area contributed by atoms with Crippen molar-refractivity contribution in [3.05, 3.63) is 71.8 Å². The Morgan fingerprint density at radius 2 is 1.49 bits per heavy atom. The number of fused-ring (bicyclic) bond motifs is 1. The number of rotatable bonds is 11. The highest BCUT2D eigenvalue weighted by Crippen LogP contribution is 2.36. The molecule has 0 aliphatic carbocycles. The van der Waals surface area contributed by atoms with Crippen LogP contribution in [0.2, 0.25) is 0 Å². The zero-order valence-corrected chi connectivity index (χ0v) is 21.8. The van der Waals surface area contributed by atoms with Gasteiger partial charge in [-0.3, -0.25) is 4.79 Å². The smallest absolute Gasteiger partial charge is 0.223 e. The molecule has 1 unspecified atom stereocenters. The summed E-state index contributed by atoms with van der Waals surface area (Å²) in [6.45, 7) is 1.76. The number of ether oxygens (including phenoxy) is 5. The molecular weight excluding hydrogens is 472 g/mol. The van der Waals surface area contributed by atoms with E-state index in [0.717, 1.165) is 22.6 Å². The quantitative estimate of drug-likeness (QED) is 0.417. The van der Waals surface area contributed by atoms with Gasteiger partial charge in [0, 0.05) is 13.1 Å². The third-order valence-corrected chi connectivity index (χ3v) is 6.34. The van der Waals surface area contributed by atoms with Crippen LogP contribution in [-0.4, -0.2) is 53.5 Å². The highest BCUT2D eigenvalue weighted by molar-refractivity contribution is 5.77. The SMILES string of the molecule is COc1ccc(CCNC(=O)CC2CN(Cc3ccc(OC)c(OC)c3)c3ccccc3O2)cc1OC. The number of carbonyl (C=O) groups excluding carboxylic acids is 1. The van der Waals surface area contributed by atoms with Gasteiger partial charge < -0.3 is 33.9 Å². The first-order valence-corrected chi connectivity index (χ1v) is 12.2. The molecule has 1 heterocycles. The van der Waals surface area contributed by atoms with Crippen molar-refractivity contribution in [3.63, 3.8) is 0 Å². The third-order valence-electron chi connectivity index (χ3n) is 6.34. The lowest BCUT2D eigenvalue weighted by atomic mass is 10.1. The number of nitrogens with one attached hydrogen (secondary N) is 1. The standard InChI is InChI=1S/C29H34N2O6/c1-33-25-11-9-20(15-27(25)35-3)13-14-30-29(32)17-22-19-31(23-7-5-6-8-24(23)37-22)18-21-10-12-26(34-2)28(16-21)36-4/h5-12,15-16,22H,13-14,17-19H2,1-4H3,(H,30,32). The Kier molecular flexibility index (Phi) is 8.61. The van der Waals surface area contributed by atoms with Gasteiger partial charge in [0.05, 0.1) is 47.1 Å². The van der Waals surface area contributed by atoms with E-state index in [1.807, 2.05) is 60.7 Å². The second-order valence-corrected chi connectivity index (χ2v) is 8.77. The van der Waals surface area contributed by atoms with E-state index in [1.54, 1.807) is 28.4 Å². The zero-order chi connectivity index (χ0) is 26.2. The van der Waals surface area contributed by atoms with Crippen molar-refractivity contribution < 1.29 is 28.5 Å². The van der Waals surface area contributed by atoms with Gasteiger partial charge in [-0.2, -0.15) is 0 Å². The summed E-state index contributed by atoms with van der Waals surface area (Å²) in [7, 11) is 6.48. The number of anilines is 1. The summed E-state index contributed by atoms with van der Waals surface area (Å²) in [6, 6.07) is 19.6. The fourth-order valence-corrected chi connectivity index (χ4v) is 4.50. The first kappa shape index (κ1) is 26.0. The molecule has 8 nitrogen and oxygen atoms in total. The number of para-hydroxylation sites is 2. The van der Waals surface area contributed by atoms with Gasteiger partial charge in [0.15, 0.2) is 23.0 Å². The molecule has 0 spiro atoms. The van der Waals surface area contributed by atoms with Crippen molar-refractivity contribution in [2.45, 2.75) is 25.5 Å². The molecule has 0 aromatic heterocycles. The topological polar surface area (TPSA) is 78.5 Å². The fraction of sp³-hybridized carbons (Fsp3) is 0.345. The number of nitrogens with zero attached hydrogens (tertiary/aromatic N) is 1. The monoisotopic (exact) mass is 506 g/mol. The van der Waals surface area contributed by atoms with Gasteiger partial charge in [0.1, 0.15) is 11.9 Å². The van der Waals surface area contributed by atoms with Gasteiger partial charge in [0.2, 0.25) is 5.91 Å². The minimum atomic E-state index is -0.267. The van der Waals surface area contributed by atoms with E-state index in [1.165, 1.54) is 0 Å². The van der Waals surface area contributed by atoms with Crippen LogP contribution in [0.1, 0.15) is 17.5 Å². The number of methoxy groups -OCH3 is 4. The van der Waals surface area contributed by atoms with Crippen molar-refractivity contribution in [2.75, 3.05) is 46.4 Å². The molecule has 1 atom stereocenters. The largest absolute Gasteiger partial charge is 0.493 e. The van der Waals surface area contributed by atoms with Crippen molar-refractivity contribution in [2.24, 2.45) is 0 Å². The third kappa shape index (κ3) is 6.39. The molecule has 0 bridgehead atoms. The predicted octanol–water partition coefficient (Wildman–Crippen LogP) is 4.24. The van der Waals surface area contributed by atoms with Crippen LogP contribution in [0.3, 0.4) is 0 Å². The molecule has 0 fully saturated rings. The molecule has 0 saturated carbocycles. The van der Waals surface area contributed by atoms with Crippen molar-refractivity contribution in [1.82, 2.24) is 5.32 Å². The average molecular weight is 507 g/mol. The Morgan fingerprint density at radius 3 is 2.16 bits per heavy atom. The number of hydrogen-bond acceptors (Lipinski definition) is 7. The van der Waals surface area contributed by atoms with Gasteiger partial charge in [-0.05, 0) is 53.9 Å². The second-order valence-electron chi connectivity index (χ2n) is 8.77. The summed E-state index contributed by atoms with van der Waals surface area (Å²) in [5.41, 5.74) is 3.14. The molecule has 3 aromatic rings. The van der Waals surface area contributed by atoms with Gasteiger partial charge in [-0.25, -0.2) is 0 Å². The molecule has 3 aromatic carbocycles. The van der Waals surface area contributed by atoms with Gasteiger partial charge in [0.25, 0.3) is 0 Å². The van der Waals surface area contributed by atoms with Crippen molar-refractivity contribution >= 4 is 11.6 Å². The fourth-order valence-electron chi connectivity index (χ4n) is 4.50. The normalized spacial score (nSPS) is 14.3. The summed E-state index contributed by atoms with van der Waals surface area (Å²) in [5.74, 6) is 3.47. The molecule has 196 valence electrons. The lowest BCUT2D eigenvalue weighted by molar-refractivity contribution is -0.122. The summed E-state index contributed by atoms with van der Waals surface area (Å²) in [6.07, 6.45) is 0.685. The number of hydrogen-bond donors (Lipinski definition) is 1. The van der Waals surface area contributed by atoms with Crippen LogP contribution in [0.15, 0.2) is 60.7 Å². The minimum Gasteiger partial charge on any atom is -0.493 e. The molecule has 8 heteroatoms. The maximum Gasteiger partial charge on any atom is 0.223 e. The summed E-state index contributed by atoms with van der Waals surface area (Å²) in [4.78, 5) is 15.0. The van der Waals surface area contributed by atoms with Crippen LogP contribution in [-0.2, 0) is 17.8 Å². The van der Waals surface area contributed by atoms with Crippen LogP contribution < -0.4 is 33.9 Å². The Bertz CT molecular complexity index is 1210. The van der Waals surface area contributed by atoms with E-state index >= 15 is 0 Å². The maximum atomic E-state index is 12.8. The molecule has 0 radical (unpaired) electrons. The second kappa shape index (κ2) is 12.3. The van der Waals surface area contributed by atoms with Gasteiger partial charge in [-0.15, -0.1) is 0 Å². The Labute approximate surface area is 218 Å². The van der Waals surface area contributed by atoms with Crippen molar-refractivity contribution in [3.8, 4) is 28.7 Å². The van der Waals surface area contributed by atoms with E-state index in [0.29, 0.717) is 49.1 Å². The van der Waals surface area contributed by atoms with Crippen molar-refractivity contribution in [1.29, 1.82) is 0 Å². The van der Waals surface area contributed by atoms with Crippen LogP contribution >= 0.6 is 0 Å². The molecule has 1 aliphatic rings. The lowest BCUT2D eigenvalue weighted by Gasteiger charge is -2.36. The number of benzene rings is 3. The first-order chi connectivity index (χ1) is 18.0. The molecular formula is C29H34N2O6. The van der Waals surface area contributed by atoms with Crippen LogP contribution in [0.25, 0.3) is 0 Å². The zero-order valence-electron chi connectivity index (χ0n) is 21.8. The maximum absolute atomic E-state index is 12.8. The van der Waals surface area contributed by atoms with E-state index in [4.69, 9.17) is 23.7 Å². The van der Waals surface area contributed by atoms with E-state index in [2.05, 4.69) is 10.2 Å². The summed E-state index contributed by atoms with van der Waals surface area (Å²) >= 11 is 0. The lowest BCUT2D eigenvalue weighted by Crippen LogP contribution is -2.42. The van der Waals surface area contributed by atoms with E-state index in [-0.39, 0.29) is 18.4 Å². The van der Waals surface area contributed by atoms with Crippen LogP contribution in [0.5, 0.6) is 28.7 Å². The Balaban J connectivity index is 1.37. The molecule has 1 amide bonds. The first-order valence-electron chi connectivity index (χ1n) is 12.2. The highest BCUT2D eigenvalue weighted by Gasteiger charge is 2.27. The highest BCUT2D eigenvalue weighted by atomic mass is 16.5. The molecule has 37 heavy (non-hydrogen) atoms. The molecule has 1 aliphatic heterocycles. The van der Waals surface area contributed by atoms with Crippen LogP contribution in [0.4, 0.5) is 5.69 Å². The van der Waals surface area contributed by atoms with Gasteiger partial charge >= 0.3 is 0 Å². The molecule has 1 N–H and O–H groups in total. The molecule has 0 saturated heterocycles. The Morgan fingerprint density at radius 1 is 0.865 bits per heavy atom. The molecule has 4 rings (SSSR count). The number of carbonyl (C=O) groups is 1. The number of amides is 1. The van der Waals surface area contributed by atoms with E-state index < -0.39 is 0 Å². The predicted molar refractivity (Wildman–Crippen MR) is 142 cm³/mol. The average Bonchev–Trinajstić information content (AvgIpc) is 2.92.